The Morgan fingerprint density at radius 1 is 1.36 bits per heavy atom. The van der Waals surface area contributed by atoms with Crippen LogP contribution in [0.3, 0.4) is 0 Å². The summed E-state index contributed by atoms with van der Waals surface area (Å²) in [5.74, 6) is 0.221. The average molecular weight is 374 g/mol. The minimum Gasteiger partial charge on any atom is -0.495 e. The normalized spacial score (nSPS) is 13.0. The number of fused-ring (bicyclic) bond motifs is 2. The van der Waals surface area contributed by atoms with Crippen LogP contribution in [0.1, 0.15) is 27.3 Å². The standard InChI is InChI=1S/C18H16ClN3O2S/c1-24-14-8-10(19)5-6-13(14)21-17(23)16-15(20)11-7-9-3-2-4-12(9)22-18(11)25-16/h5-8H,2-4,20H2,1H3,(H,21,23). The number of amides is 1. The summed E-state index contributed by atoms with van der Waals surface area (Å²) in [6, 6.07) is 7.13. The van der Waals surface area contributed by atoms with E-state index >= 15 is 0 Å². The first kappa shape index (κ1) is 16.2. The molecule has 4 rings (SSSR count). The van der Waals surface area contributed by atoms with Gasteiger partial charge < -0.3 is 15.8 Å². The fourth-order valence-corrected chi connectivity index (χ4v) is 4.27. The number of aryl methyl sites for hydroxylation is 2. The van der Waals surface area contributed by atoms with Gasteiger partial charge in [0.2, 0.25) is 0 Å². The highest BCUT2D eigenvalue weighted by atomic mass is 35.5. The Hall–Kier alpha value is -2.31. The summed E-state index contributed by atoms with van der Waals surface area (Å²) in [6.45, 7) is 0. The van der Waals surface area contributed by atoms with Gasteiger partial charge in [0.05, 0.1) is 18.5 Å². The quantitative estimate of drug-likeness (QED) is 0.718. The van der Waals surface area contributed by atoms with Crippen LogP contribution < -0.4 is 15.8 Å². The Balaban J connectivity index is 1.70. The molecule has 128 valence electrons. The number of pyridine rings is 1. The lowest BCUT2D eigenvalue weighted by molar-refractivity contribution is 0.103. The van der Waals surface area contributed by atoms with Gasteiger partial charge in [-0.25, -0.2) is 4.98 Å². The fraction of sp³-hybridized carbons (Fsp3) is 0.222. The molecule has 0 aliphatic heterocycles. The SMILES string of the molecule is COc1cc(Cl)ccc1NC(=O)c1sc2nc3c(cc2c1N)CCC3. The molecular weight excluding hydrogens is 358 g/mol. The zero-order valence-electron chi connectivity index (χ0n) is 13.6. The molecule has 3 aromatic rings. The Morgan fingerprint density at radius 2 is 2.20 bits per heavy atom. The first-order chi connectivity index (χ1) is 12.1. The number of halogens is 1. The number of thiophene rings is 1. The molecule has 7 heteroatoms. The van der Waals surface area contributed by atoms with E-state index in [1.54, 1.807) is 18.2 Å². The molecule has 1 amide bonds. The number of carbonyl (C=O) groups excluding carboxylic acids is 1. The van der Waals surface area contributed by atoms with Crippen LogP contribution in [-0.4, -0.2) is 18.0 Å². The summed E-state index contributed by atoms with van der Waals surface area (Å²) in [7, 11) is 1.53. The van der Waals surface area contributed by atoms with Gasteiger partial charge in [-0.3, -0.25) is 4.79 Å². The second-order valence-corrected chi connectivity index (χ2v) is 7.38. The molecule has 0 bridgehead atoms. The Labute approximate surface area is 153 Å². The Kier molecular flexibility index (Phi) is 4.01. The van der Waals surface area contributed by atoms with Gasteiger partial charge in [0.1, 0.15) is 15.5 Å². The number of anilines is 2. The Morgan fingerprint density at radius 3 is 3.00 bits per heavy atom. The number of benzene rings is 1. The van der Waals surface area contributed by atoms with Crippen molar-refractivity contribution in [1.82, 2.24) is 4.98 Å². The monoisotopic (exact) mass is 373 g/mol. The molecular formula is C18H16ClN3O2S. The minimum absolute atomic E-state index is 0.277. The Bertz CT molecular complexity index is 1000. The highest BCUT2D eigenvalue weighted by Crippen LogP contribution is 2.37. The molecule has 0 saturated carbocycles. The fourth-order valence-electron chi connectivity index (χ4n) is 3.11. The van der Waals surface area contributed by atoms with Crippen LogP contribution in [-0.2, 0) is 12.8 Å². The molecule has 0 radical (unpaired) electrons. The summed E-state index contributed by atoms with van der Waals surface area (Å²) >= 11 is 7.28. The first-order valence-corrected chi connectivity index (χ1v) is 9.12. The van der Waals surface area contributed by atoms with E-state index in [-0.39, 0.29) is 5.91 Å². The van der Waals surface area contributed by atoms with Gasteiger partial charge in [0.15, 0.2) is 0 Å². The van der Waals surface area contributed by atoms with Crippen LogP contribution in [0.4, 0.5) is 11.4 Å². The molecule has 0 spiro atoms. The summed E-state index contributed by atoms with van der Waals surface area (Å²) in [5, 5.41) is 4.24. The van der Waals surface area contributed by atoms with Gasteiger partial charge >= 0.3 is 0 Å². The van der Waals surface area contributed by atoms with Crippen LogP contribution in [0.5, 0.6) is 5.75 Å². The van der Waals surface area contributed by atoms with E-state index in [9.17, 15) is 4.79 Å². The summed E-state index contributed by atoms with van der Waals surface area (Å²) in [4.78, 5) is 18.7. The molecule has 1 aromatic carbocycles. The third-order valence-electron chi connectivity index (χ3n) is 4.37. The molecule has 2 heterocycles. The number of hydrogen-bond donors (Lipinski definition) is 2. The molecule has 1 aliphatic rings. The van der Waals surface area contributed by atoms with Gasteiger partial charge in [-0.15, -0.1) is 11.3 Å². The van der Waals surface area contributed by atoms with Crippen molar-refractivity contribution in [3.63, 3.8) is 0 Å². The van der Waals surface area contributed by atoms with E-state index < -0.39 is 0 Å². The molecule has 25 heavy (non-hydrogen) atoms. The van der Waals surface area contributed by atoms with Crippen LogP contribution in [0.2, 0.25) is 5.02 Å². The van der Waals surface area contributed by atoms with Crippen molar-refractivity contribution < 1.29 is 9.53 Å². The second kappa shape index (κ2) is 6.20. The first-order valence-electron chi connectivity index (χ1n) is 7.92. The molecule has 0 saturated heterocycles. The molecule has 1 aliphatic carbocycles. The molecule has 0 fully saturated rings. The average Bonchev–Trinajstić information content (AvgIpc) is 3.18. The van der Waals surface area contributed by atoms with E-state index in [1.165, 1.54) is 24.0 Å². The number of nitrogens with one attached hydrogen (secondary N) is 1. The third-order valence-corrected chi connectivity index (χ3v) is 5.72. The van der Waals surface area contributed by atoms with Crippen LogP contribution in [0.15, 0.2) is 24.3 Å². The lowest BCUT2D eigenvalue weighted by atomic mass is 10.1. The number of hydrogen-bond acceptors (Lipinski definition) is 5. The maximum atomic E-state index is 12.7. The van der Waals surface area contributed by atoms with Crippen LogP contribution >= 0.6 is 22.9 Å². The summed E-state index contributed by atoms with van der Waals surface area (Å²) in [6.07, 6.45) is 3.15. The zero-order valence-corrected chi connectivity index (χ0v) is 15.1. The molecule has 0 atom stereocenters. The number of nitrogens with two attached hydrogens (primary N) is 1. The van der Waals surface area contributed by atoms with E-state index in [0.29, 0.717) is 27.0 Å². The summed E-state index contributed by atoms with van der Waals surface area (Å²) in [5.41, 5.74) is 9.63. The van der Waals surface area contributed by atoms with Gasteiger partial charge in [0, 0.05) is 22.2 Å². The van der Waals surface area contributed by atoms with Crippen molar-refractivity contribution in [2.45, 2.75) is 19.3 Å². The highest BCUT2D eigenvalue weighted by molar-refractivity contribution is 7.21. The predicted octanol–water partition coefficient (Wildman–Crippen LogP) is 4.28. The smallest absolute Gasteiger partial charge is 0.268 e. The van der Waals surface area contributed by atoms with E-state index in [0.717, 1.165) is 35.2 Å². The van der Waals surface area contributed by atoms with Crippen molar-refractivity contribution in [3.8, 4) is 5.75 Å². The van der Waals surface area contributed by atoms with Crippen molar-refractivity contribution in [3.05, 3.63) is 45.4 Å². The van der Waals surface area contributed by atoms with E-state index in [4.69, 9.17) is 22.1 Å². The van der Waals surface area contributed by atoms with Gasteiger partial charge in [-0.2, -0.15) is 0 Å². The molecule has 0 unspecified atom stereocenters. The van der Waals surface area contributed by atoms with Crippen molar-refractivity contribution in [1.29, 1.82) is 0 Å². The van der Waals surface area contributed by atoms with Gasteiger partial charge in [-0.1, -0.05) is 11.6 Å². The van der Waals surface area contributed by atoms with Gasteiger partial charge in [0.25, 0.3) is 5.91 Å². The topological polar surface area (TPSA) is 77.2 Å². The minimum atomic E-state index is -0.277. The van der Waals surface area contributed by atoms with Crippen LogP contribution in [0, 0.1) is 0 Å². The number of aromatic nitrogens is 1. The van der Waals surface area contributed by atoms with E-state index in [2.05, 4.69) is 16.4 Å². The highest BCUT2D eigenvalue weighted by Gasteiger charge is 2.21. The molecule has 2 aromatic heterocycles. The molecule has 3 N–H and O–H groups in total. The van der Waals surface area contributed by atoms with Crippen molar-refractivity contribution in [2.75, 3.05) is 18.2 Å². The number of nitrogens with zero attached hydrogens (tertiary/aromatic N) is 1. The lowest BCUT2D eigenvalue weighted by Gasteiger charge is -2.10. The number of rotatable bonds is 3. The van der Waals surface area contributed by atoms with Crippen molar-refractivity contribution in [2.24, 2.45) is 0 Å². The zero-order chi connectivity index (χ0) is 17.6. The second-order valence-electron chi connectivity index (χ2n) is 5.94. The van der Waals surface area contributed by atoms with Crippen LogP contribution in [0.25, 0.3) is 10.2 Å². The summed E-state index contributed by atoms with van der Waals surface area (Å²) < 4.78 is 5.27. The maximum Gasteiger partial charge on any atom is 0.268 e. The van der Waals surface area contributed by atoms with Gasteiger partial charge in [-0.05, 0) is 43.0 Å². The number of nitrogen functional groups attached to an aromatic ring is 1. The maximum absolute atomic E-state index is 12.7. The van der Waals surface area contributed by atoms with Crippen molar-refractivity contribution >= 4 is 50.4 Å². The lowest BCUT2D eigenvalue weighted by Crippen LogP contribution is -2.12. The van der Waals surface area contributed by atoms with E-state index in [1.807, 2.05) is 0 Å². The molecule has 5 nitrogen and oxygen atoms in total. The predicted molar refractivity (Wildman–Crippen MR) is 102 cm³/mol. The number of carbonyl (C=O) groups is 1. The number of ether oxygens (including phenoxy) is 1. The third kappa shape index (κ3) is 2.81. The number of methoxy groups -OCH3 is 1. The largest absolute Gasteiger partial charge is 0.495 e.